The van der Waals surface area contributed by atoms with Crippen molar-refractivity contribution in [2.75, 3.05) is 5.88 Å². The van der Waals surface area contributed by atoms with Crippen molar-refractivity contribution in [3.05, 3.63) is 9.94 Å². The van der Waals surface area contributed by atoms with Gasteiger partial charge in [0.15, 0.2) is 5.00 Å². The van der Waals surface area contributed by atoms with Crippen LogP contribution in [0.15, 0.2) is 9.94 Å². The van der Waals surface area contributed by atoms with Crippen LogP contribution in [0, 0.1) is 0 Å². The van der Waals surface area contributed by atoms with Gasteiger partial charge < -0.3 is 5.73 Å². The van der Waals surface area contributed by atoms with Gasteiger partial charge in [-0.05, 0) is 11.9 Å². The van der Waals surface area contributed by atoms with Crippen LogP contribution in [0.1, 0.15) is 0 Å². The van der Waals surface area contributed by atoms with E-state index in [-0.39, 0.29) is 15.8 Å². The largest absolute Gasteiger partial charge is 0.365 e. The first-order chi connectivity index (χ1) is 5.51. The van der Waals surface area contributed by atoms with Crippen LogP contribution in [-0.4, -0.2) is 16.8 Å². The number of amides is 1. The summed E-state index contributed by atoms with van der Waals surface area (Å²) in [4.78, 5) is 9.89. The van der Waals surface area contributed by atoms with Crippen LogP contribution in [0.25, 0.3) is 0 Å². The van der Waals surface area contributed by atoms with E-state index in [9.17, 15) is 4.79 Å². The fourth-order valence-electron chi connectivity index (χ4n) is 0.646. The molecule has 1 aliphatic heterocycles. The Morgan fingerprint density at radius 3 is 2.58 bits per heavy atom. The minimum absolute atomic E-state index is 0.0666. The van der Waals surface area contributed by atoms with Crippen molar-refractivity contribution in [3.8, 4) is 0 Å². The zero-order valence-electron chi connectivity index (χ0n) is 5.73. The number of hydrogen-bond donors (Lipinski definition) is 2. The summed E-state index contributed by atoms with van der Waals surface area (Å²) < 4.78 is 2.71. The Morgan fingerprint density at radius 1 is 1.75 bits per heavy atom. The molecular weight excluding hydrogens is 242 g/mol. The third-order valence-corrected chi connectivity index (χ3v) is 4.12. The number of hydrogen-bond acceptors (Lipinski definition) is 3. The Balaban J connectivity index is 2.98. The number of carbonyl (C=O) groups is 1. The topological polar surface area (TPSA) is 55.1 Å². The van der Waals surface area contributed by atoms with Crippen molar-refractivity contribution in [3.63, 3.8) is 0 Å². The summed E-state index contributed by atoms with van der Waals surface area (Å²) in [6.45, 7) is 0. The minimum atomic E-state index is -1.06. The molecule has 0 fully saturated rings. The summed E-state index contributed by atoms with van der Waals surface area (Å²) in [6, 6.07) is 0. The second kappa shape index (κ2) is 3.64. The number of carbonyl (C=O) groups excluding carboxylic acids is 1. The molecule has 0 saturated carbocycles. The third kappa shape index (κ3) is 1.67. The van der Waals surface area contributed by atoms with Crippen molar-refractivity contribution >= 4 is 52.7 Å². The molecule has 0 spiro atoms. The number of halogens is 3. The van der Waals surface area contributed by atoms with Gasteiger partial charge in [0.25, 0.3) is 5.91 Å². The van der Waals surface area contributed by atoms with Crippen molar-refractivity contribution in [1.82, 2.24) is 4.72 Å². The van der Waals surface area contributed by atoms with Crippen molar-refractivity contribution in [1.29, 1.82) is 0 Å². The first-order valence-electron chi connectivity index (χ1n) is 2.90. The molecule has 1 rings (SSSR count). The molecule has 0 saturated heterocycles. The summed E-state index contributed by atoms with van der Waals surface area (Å²) in [7, 11) is 0. The molecule has 1 aliphatic rings. The standard InChI is InChI=1S/C5H5Cl3N2OS/c6-1-5(8)3(7)2(4(9)11)12-10-5/h10H,1H2,(H2,9,11). The normalized spacial score (nSPS) is 29.6. The molecule has 0 aromatic heterocycles. The lowest BCUT2D eigenvalue weighted by molar-refractivity contribution is -0.113. The Hall–Kier alpha value is 0.390. The van der Waals surface area contributed by atoms with Crippen molar-refractivity contribution in [2.45, 2.75) is 5.00 Å². The van der Waals surface area contributed by atoms with E-state index in [1.165, 1.54) is 0 Å². The molecule has 12 heavy (non-hydrogen) atoms. The average Bonchev–Trinajstić information content (AvgIpc) is 2.30. The highest BCUT2D eigenvalue weighted by Gasteiger charge is 2.40. The van der Waals surface area contributed by atoms with Crippen molar-refractivity contribution < 1.29 is 4.79 Å². The van der Waals surface area contributed by atoms with E-state index in [1.807, 2.05) is 0 Å². The summed E-state index contributed by atoms with van der Waals surface area (Å²) in [6.07, 6.45) is 0. The lowest BCUT2D eigenvalue weighted by Gasteiger charge is -2.16. The van der Waals surface area contributed by atoms with Crippen LogP contribution in [0.2, 0.25) is 0 Å². The maximum Gasteiger partial charge on any atom is 0.257 e. The molecule has 0 aromatic rings. The van der Waals surface area contributed by atoms with Gasteiger partial charge in [-0.3, -0.25) is 4.79 Å². The predicted molar refractivity (Wildman–Crippen MR) is 52.1 cm³/mol. The predicted octanol–water partition coefficient (Wildman–Crippen LogP) is 1.35. The van der Waals surface area contributed by atoms with E-state index in [1.54, 1.807) is 0 Å². The lowest BCUT2D eigenvalue weighted by atomic mass is 10.3. The molecule has 1 amide bonds. The Bertz CT molecular complexity index is 257. The second-order valence-electron chi connectivity index (χ2n) is 2.15. The second-order valence-corrected chi connectivity index (χ2v) is 4.25. The average molecular weight is 248 g/mol. The monoisotopic (exact) mass is 246 g/mol. The van der Waals surface area contributed by atoms with Gasteiger partial charge in [0, 0.05) is 0 Å². The number of primary amides is 1. The fourth-order valence-corrected chi connectivity index (χ4v) is 2.44. The smallest absolute Gasteiger partial charge is 0.257 e. The van der Waals surface area contributed by atoms with Gasteiger partial charge in [-0.2, -0.15) is 0 Å². The van der Waals surface area contributed by atoms with Gasteiger partial charge in [-0.15, -0.1) is 11.6 Å². The Morgan fingerprint density at radius 2 is 2.33 bits per heavy atom. The Labute approximate surface area is 88.7 Å². The summed E-state index contributed by atoms with van der Waals surface area (Å²) >= 11 is 18.2. The SMILES string of the molecule is NC(=O)C1=C(Cl)C(Cl)(CCl)NS1. The minimum Gasteiger partial charge on any atom is -0.365 e. The van der Waals surface area contributed by atoms with Gasteiger partial charge in [-0.1, -0.05) is 23.2 Å². The highest BCUT2D eigenvalue weighted by Crippen LogP contribution is 2.41. The number of nitrogens with one attached hydrogen (secondary N) is 1. The van der Waals surface area contributed by atoms with E-state index < -0.39 is 10.9 Å². The summed E-state index contributed by atoms with van der Waals surface area (Å²) in [5, 5.41) is 0.164. The van der Waals surface area contributed by atoms with E-state index in [0.29, 0.717) is 0 Å². The number of alkyl halides is 2. The molecular formula is C5H5Cl3N2OS. The molecule has 1 atom stereocenters. The molecule has 3 nitrogen and oxygen atoms in total. The lowest BCUT2D eigenvalue weighted by Crippen LogP contribution is -2.33. The zero-order chi connectivity index (χ0) is 9.35. The molecule has 0 aliphatic carbocycles. The third-order valence-electron chi connectivity index (χ3n) is 1.27. The molecule has 1 heterocycles. The van der Waals surface area contributed by atoms with E-state index >= 15 is 0 Å². The molecule has 7 heteroatoms. The first kappa shape index (κ1) is 10.5. The van der Waals surface area contributed by atoms with Gasteiger partial charge in [-0.25, -0.2) is 4.72 Å². The quantitative estimate of drug-likeness (QED) is 0.440. The van der Waals surface area contributed by atoms with E-state index in [0.717, 1.165) is 11.9 Å². The van der Waals surface area contributed by atoms with Crippen LogP contribution >= 0.6 is 46.8 Å². The van der Waals surface area contributed by atoms with Crippen LogP contribution in [-0.2, 0) is 4.79 Å². The number of rotatable bonds is 2. The maximum absolute atomic E-state index is 10.7. The van der Waals surface area contributed by atoms with Crippen LogP contribution in [0.4, 0.5) is 0 Å². The van der Waals surface area contributed by atoms with E-state index in [2.05, 4.69) is 4.72 Å². The van der Waals surface area contributed by atoms with Gasteiger partial charge in [0.2, 0.25) is 0 Å². The molecule has 3 N–H and O–H groups in total. The first-order valence-corrected chi connectivity index (χ1v) is 5.01. The molecule has 0 radical (unpaired) electrons. The molecule has 68 valence electrons. The summed E-state index contributed by atoms with van der Waals surface area (Å²) in [5.74, 6) is -0.540. The molecule has 0 bridgehead atoms. The van der Waals surface area contributed by atoms with Gasteiger partial charge >= 0.3 is 0 Å². The number of nitrogens with two attached hydrogens (primary N) is 1. The van der Waals surface area contributed by atoms with E-state index in [4.69, 9.17) is 40.5 Å². The van der Waals surface area contributed by atoms with Crippen LogP contribution in [0.5, 0.6) is 0 Å². The van der Waals surface area contributed by atoms with Gasteiger partial charge in [0.05, 0.1) is 10.9 Å². The van der Waals surface area contributed by atoms with Crippen LogP contribution in [0.3, 0.4) is 0 Å². The maximum atomic E-state index is 10.7. The molecule has 1 unspecified atom stereocenters. The summed E-state index contributed by atoms with van der Waals surface area (Å²) in [5.41, 5.74) is 5.02. The van der Waals surface area contributed by atoms with Crippen molar-refractivity contribution in [2.24, 2.45) is 5.73 Å². The van der Waals surface area contributed by atoms with Gasteiger partial charge in [0.1, 0.15) is 4.91 Å². The fraction of sp³-hybridized carbons (Fsp3) is 0.400. The highest BCUT2D eigenvalue weighted by molar-refractivity contribution is 8.02. The zero-order valence-corrected chi connectivity index (χ0v) is 8.82. The van der Waals surface area contributed by atoms with Crippen LogP contribution < -0.4 is 10.5 Å². The molecule has 0 aromatic carbocycles. The Kier molecular flexibility index (Phi) is 3.17. The highest BCUT2D eigenvalue weighted by atomic mass is 35.5.